The molecule has 0 saturated carbocycles. The SMILES string of the molecule is CCSc1cc2c(n(C)c1=O)CCCC2. The highest BCUT2D eigenvalue weighted by Gasteiger charge is 2.15. The number of hydrogen-bond donors (Lipinski definition) is 0. The maximum Gasteiger partial charge on any atom is 0.264 e. The van der Waals surface area contributed by atoms with Crippen LogP contribution < -0.4 is 5.56 Å². The smallest absolute Gasteiger partial charge is 0.264 e. The highest BCUT2D eigenvalue weighted by atomic mass is 32.2. The van der Waals surface area contributed by atoms with Crippen molar-refractivity contribution in [2.75, 3.05) is 5.75 Å². The number of nitrogens with zero attached hydrogens (tertiary/aromatic N) is 1. The van der Waals surface area contributed by atoms with Crippen molar-refractivity contribution < 1.29 is 0 Å². The lowest BCUT2D eigenvalue weighted by atomic mass is 9.96. The van der Waals surface area contributed by atoms with Crippen LogP contribution >= 0.6 is 11.8 Å². The molecule has 2 rings (SSSR count). The second-order valence-electron chi connectivity index (χ2n) is 3.98. The molecule has 0 N–H and O–H groups in total. The van der Waals surface area contributed by atoms with Crippen molar-refractivity contribution >= 4 is 11.8 Å². The number of hydrogen-bond acceptors (Lipinski definition) is 2. The Labute approximate surface area is 94.7 Å². The third kappa shape index (κ3) is 1.98. The Kier molecular flexibility index (Phi) is 3.19. The van der Waals surface area contributed by atoms with Gasteiger partial charge in [-0.2, -0.15) is 0 Å². The summed E-state index contributed by atoms with van der Waals surface area (Å²) in [6, 6.07) is 2.12. The van der Waals surface area contributed by atoms with Crippen LogP contribution in [0.3, 0.4) is 0 Å². The van der Waals surface area contributed by atoms with Gasteiger partial charge in [-0.15, -0.1) is 11.8 Å². The summed E-state index contributed by atoms with van der Waals surface area (Å²) in [7, 11) is 1.91. The van der Waals surface area contributed by atoms with Gasteiger partial charge in [-0.25, -0.2) is 0 Å². The van der Waals surface area contributed by atoms with E-state index < -0.39 is 0 Å². The van der Waals surface area contributed by atoms with E-state index in [1.165, 1.54) is 24.1 Å². The van der Waals surface area contributed by atoms with Gasteiger partial charge < -0.3 is 4.57 Å². The Morgan fingerprint density at radius 3 is 2.87 bits per heavy atom. The Morgan fingerprint density at radius 2 is 2.13 bits per heavy atom. The van der Waals surface area contributed by atoms with Crippen LogP contribution in [0.5, 0.6) is 0 Å². The Morgan fingerprint density at radius 1 is 1.40 bits per heavy atom. The molecule has 0 unspecified atom stereocenters. The summed E-state index contributed by atoms with van der Waals surface area (Å²) in [6.07, 6.45) is 4.70. The first-order valence-corrected chi connectivity index (χ1v) is 6.57. The quantitative estimate of drug-likeness (QED) is 0.718. The third-order valence-electron chi connectivity index (χ3n) is 3.01. The highest BCUT2D eigenvalue weighted by Crippen LogP contribution is 2.23. The summed E-state index contributed by atoms with van der Waals surface area (Å²) in [5.41, 5.74) is 2.83. The van der Waals surface area contributed by atoms with Crippen LogP contribution in [0.25, 0.3) is 0 Å². The molecular formula is C12H17NOS. The van der Waals surface area contributed by atoms with Crippen molar-refractivity contribution in [2.24, 2.45) is 7.05 Å². The summed E-state index contributed by atoms with van der Waals surface area (Å²) in [5, 5.41) is 0. The van der Waals surface area contributed by atoms with Gasteiger partial charge >= 0.3 is 0 Å². The van der Waals surface area contributed by atoms with Crippen LogP contribution in [-0.2, 0) is 19.9 Å². The molecule has 1 aromatic rings. The van der Waals surface area contributed by atoms with Crippen LogP contribution in [0.1, 0.15) is 31.0 Å². The van der Waals surface area contributed by atoms with E-state index in [-0.39, 0.29) is 5.56 Å². The molecule has 0 bridgehead atoms. The first kappa shape index (κ1) is 10.8. The van der Waals surface area contributed by atoms with Crippen molar-refractivity contribution in [3.05, 3.63) is 27.7 Å². The van der Waals surface area contributed by atoms with Crippen LogP contribution in [0.4, 0.5) is 0 Å². The predicted octanol–water partition coefficient (Wildman–Crippen LogP) is 2.38. The molecule has 0 atom stereocenters. The molecule has 1 heterocycles. The predicted molar refractivity (Wildman–Crippen MR) is 64.7 cm³/mol. The zero-order chi connectivity index (χ0) is 10.8. The number of fused-ring (bicyclic) bond motifs is 1. The summed E-state index contributed by atoms with van der Waals surface area (Å²) < 4.78 is 1.85. The molecule has 0 fully saturated rings. The molecule has 0 spiro atoms. The minimum absolute atomic E-state index is 0.183. The van der Waals surface area contributed by atoms with Crippen LogP contribution in [0.15, 0.2) is 15.8 Å². The van der Waals surface area contributed by atoms with E-state index in [9.17, 15) is 4.79 Å². The topological polar surface area (TPSA) is 22.0 Å². The van der Waals surface area contributed by atoms with Gasteiger partial charge in [-0.3, -0.25) is 4.79 Å². The minimum atomic E-state index is 0.183. The fourth-order valence-electron chi connectivity index (χ4n) is 2.22. The first-order chi connectivity index (χ1) is 7.24. The second-order valence-corrected chi connectivity index (χ2v) is 5.29. The molecule has 0 aromatic carbocycles. The summed E-state index contributed by atoms with van der Waals surface area (Å²) in [5.74, 6) is 0.966. The van der Waals surface area contributed by atoms with Crippen molar-refractivity contribution in [3.8, 4) is 0 Å². The van der Waals surface area contributed by atoms with Gasteiger partial charge in [0.1, 0.15) is 0 Å². The third-order valence-corrected chi connectivity index (χ3v) is 3.90. The van der Waals surface area contributed by atoms with E-state index >= 15 is 0 Å². The standard InChI is InChI=1S/C12H17NOS/c1-3-15-11-8-9-6-4-5-7-10(9)13(2)12(11)14/h8H,3-7H2,1-2H3. The fraction of sp³-hybridized carbons (Fsp3) is 0.583. The zero-order valence-electron chi connectivity index (χ0n) is 9.38. The highest BCUT2D eigenvalue weighted by molar-refractivity contribution is 7.99. The van der Waals surface area contributed by atoms with E-state index in [1.807, 2.05) is 11.6 Å². The maximum absolute atomic E-state index is 12.0. The number of thioether (sulfide) groups is 1. The van der Waals surface area contributed by atoms with Crippen molar-refractivity contribution in [1.82, 2.24) is 4.57 Å². The molecule has 15 heavy (non-hydrogen) atoms. The Balaban J connectivity index is 2.53. The second kappa shape index (κ2) is 4.44. The average Bonchev–Trinajstić information content (AvgIpc) is 2.26. The van der Waals surface area contributed by atoms with Crippen LogP contribution in [-0.4, -0.2) is 10.3 Å². The molecule has 2 nitrogen and oxygen atoms in total. The van der Waals surface area contributed by atoms with E-state index in [0.29, 0.717) is 0 Å². The number of aromatic nitrogens is 1. The Hall–Kier alpha value is -0.700. The van der Waals surface area contributed by atoms with Gasteiger partial charge in [0.15, 0.2) is 0 Å². The minimum Gasteiger partial charge on any atom is -0.314 e. The Bertz CT molecular complexity index is 422. The molecule has 1 aliphatic rings. The van der Waals surface area contributed by atoms with E-state index in [0.717, 1.165) is 23.5 Å². The molecule has 3 heteroatoms. The molecular weight excluding hydrogens is 206 g/mol. The van der Waals surface area contributed by atoms with E-state index in [1.54, 1.807) is 11.8 Å². The number of rotatable bonds is 2. The fourth-order valence-corrected chi connectivity index (χ4v) is 3.02. The summed E-state index contributed by atoms with van der Waals surface area (Å²) in [4.78, 5) is 12.9. The van der Waals surface area contributed by atoms with Gasteiger partial charge in [-0.1, -0.05) is 6.92 Å². The van der Waals surface area contributed by atoms with E-state index in [4.69, 9.17) is 0 Å². The molecule has 0 radical (unpaired) electrons. The molecule has 0 aliphatic heterocycles. The average molecular weight is 223 g/mol. The van der Waals surface area contributed by atoms with Gasteiger partial charge in [0, 0.05) is 12.7 Å². The van der Waals surface area contributed by atoms with Gasteiger partial charge in [0.25, 0.3) is 5.56 Å². The zero-order valence-corrected chi connectivity index (χ0v) is 10.2. The lowest BCUT2D eigenvalue weighted by molar-refractivity contribution is 0.616. The normalized spacial score (nSPS) is 15.1. The van der Waals surface area contributed by atoms with Gasteiger partial charge in [-0.05, 0) is 43.1 Å². The first-order valence-electron chi connectivity index (χ1n) is 5.58. The van der Waals surface area contributed by atoms with Gasteiger partial charge in [0.05, 0.1) is 4.90 Å². The summed E-state index contributed by atoms with van der Waals surface area (Å²) >= 11 is 1.66. The molecule has 82 valence electrons. The van der Waals surface area contributed by atoms with Crippen molar-refractivity contribution in [1.29, 1.82) is 0 Å². The molecule has 1 aromatic heterocycles. The lowest BCUT2D eigenvalue weighted by Gasteiger charge is -2.19. The lowest BCUT2D eigenvalue weighted by Crippen LogP contribution is -2.25. The number of aryl methyl sites for hydroxylation is 1. The monoisotopic (exact) mass is 223 g/mol. The molecule has 0 saturated heterocycles. The van der Waals surface area contributed by atoms with Crippen LogP contribution in [0, 0.1) is 0 Å². The largest absolute Gasteiger partial charge is 0.314 e. The van der Waals surface area contributed by atoms with Crippen molar-refractivity contribution in [2.45, 2.75) is 37.5 Å². The summed E-state index contributed by atoms with van der Waals surface area (Å²) in [6.45, 7) is 2.09. The van der Waals surface area contributed by atoms with Gasteiger partial charge in [0.2, 0.25) is 0 Å². The number of pyridine rings is 1. The van der Waals surface area contributed by atoms with E-state index in [2.05, 4.69) is 13.0 Å². The van der Waals surface area contributed by atoms with Crippen molar-refractivity contribution in [3.63, 3.8) is 0 Å². The van der Waals surface area contributed by atoms with Crippen LogP contribution in [0.2, 0.25) is 0 Å². The molecule has 1 aliphatic carbocycles. The maximum atomic E-state index is 12.0. The molecule has 0 amide bonds.